The number of aliphatic hydroxyl groups excluding tert-OH is 2. The molecule has 10 heteroatoms. The Morgan fingerprint density at radius 3 is 1.38 bits per heavy atom. The van der Waals surface area contributed by atoms with Crippen molar-refractivity contribution in [3.05, 3.63) is 116 Å². The maximum Gasteiger partial charge on any atom is 0.289 e. The zero-order chi connectivity index (χ0) is 33.7. The van der Waals surface area contributed by atoms with E-state index in [0.29, 0.717) is 13.1 Å². The molecular formula is C40H36N4O2S4+2. The number of aromatic nitrogens is 2. The molecule has 0 amide bonds. The van der Waals surface area contributed by atoms with Gasteiger partial charge in [-0.05, 0) is 72.2 Å². The number of benzene rings is 4. The molecule has 0 fully saturated rings. The highest BCUT2D eigenvalue weighted by Crippen LogP contribution is 2.54. The second-order valence-electron chi connectivity index (χ2n) is 13.3. The molecule has 0 saturated heterocycles. The molecule has 0 bridgehead atoms. The molecule has 50 heavy (non-hydrogen) atoms. The van der Waals surface area contributed by atoms with Gasteiger partial charge < -0.3 is 20.0 Å². The SMILES string of the molecule is CN1C(c2ccc(SSc3ccc(C4=C(c5sc6ccccc6[n+]5CCO)N4C)c4c3CC4)c3c2CC3)=C1c1sc2ccccc2[n+]1CCO. The van der Waals surface area contributed by atoms with Crippen LogP contribution in [-0.4, -0.2) is 47.3 Å². The molecule has 2 aliphatic carbocycles. The Hall–Kier alpha value is -3.64. The van der Waals surface area contributed by atoms with Crippen LogP contribution in [0.25, 0.3) is 43.2 Å². The molecule has 0 unspecified atom stereocenters. The van der Waals surface area contributed by atoms with Gasteiger partial charge in [-0.25, -0.2) is 0 Å². The number of hydrogen-bond donors (Lipinski definition) is 2. The van der Waals surface area contributed by atoms with E-state index in [-0.39, 0.29) is 13.2 Å². The van der Waals surface area contributed by atoms with Gasteiger partial charge >= 0.3 is 0 Å². The van der Waals surface area contributed by atoms with Gasteiger partial charge in [-0.1, -0.05) is 80.7 Å². The molecule has 4 aromatic carbocycles. The van der Waals surface area contributed by atoms with Gasteiger partial charge in [-0.15, -0.1) is 0 Å². The highest BCUT2D eigenvalue weighted by atomic mass is 33.1. The Morgan fingerprint density at radius 2 is 0.980 bits per heavy atom. The van der Waals surface area contributed by atoms with E-state index >= 15 is 0 Å². The van der Waals surface area contributed by atoms with E-state index < -0.39 is 0 Å². The molecule has 2 aliphatic heterocycles. The Morgan fingerprint density at radius 1 is 0.560 bits per heavy atom. The summed E-state index contributed by atoms with van der Waals surface area (Å²) in [6.07, 6.45) is 4.54. The Balaban J connectivity index is 0.916. The van der Waals surface area contributed by atoms with Gasteiger partial charge in [-0.3, -0.25) is 0 Å². The standard InChI is InChI=1S/C40H36N4O2S4/c1-41-35(37(41)39-43(19-21-45)29-7-3-5-9-33(29)47-39)27-15-17-31(25-13-11-23(25)27)49-50-32-18-16-28(24-12-14-26(24)32)36-38(42(36)2)40-44(20-22-46)30-8-4-6-10-34(30)48-40/h3-10,15-18,45-46H,11-14,19-22H2,1-2H3/q+2. The van der Waals surface area contributed by atoms with Crippen molar-refractivity contribution in [2.24, 2.45) is 0 Å². The molecule has 6 aromatic rings. The quantitative estimate of drug-likeness (QED) is 0.109. The first-order chi connectivity index (χ1) is 24.6. The van der Waals surface area contributed by atoms with Gasteiger partial charge in [0.15, 0.2) is 13.1 Å². The van der Waals surface area contributed by atoms with Crippen LogP contribution in [-0.2, 0) is 38.8 Å². The average molecular weight is 733 g/mol. The summed E-state index contributed by atoms with van der Waals surface area (Å²) < 4.78 is 7.08. The number of para-hydroxylation sites is 2. The van der Waals surface area contributed by atoms with Crippen LogP contribution >= 0.6 is 44.3 Å². The molecule has 2 aromatic heterocycles. The van der Waals surface area contributed by atoms with Crippen LogP contribution in [0.15, 0.2) is 82.6 Å². The van der Waals surface area contributed by atoms with E-state index in [0.717, 1.165) is 25.7 Å². The molecule has 0 radical (unpaired) electrons. The zero-order valence-corrected chi connectivity index (χ0v) is 31.2. The summed E-state index contributed by atoms with van der Waals surface area (Å²) >= 11 is 3.64. The highest BCUT2D eigenvalue weighted by Gasteiger charge is 2.44. The van der Waals surface area contributed by atoms with Crippen LogP contribution in [0, 0.1) is 0 Å². The second-order valence-corrected chi connectivity index (χ2v) is 17.6. The van der Waals surface area contributed by atoms with Gasteiger partial charge in [0.25, 0.3) is 10.0 Å². The average Bonchev–Trinajstić information content (AvgIpc) is 3.84. The van der Waals surface area contributed by atoms with E-state index in [1.165, 1.54) is 96.4 Å². The molecule has 0 spiro atoms. The minimum Gasteiger partial charge on any atom is -0.390 e. The Kier molecular flexibility index (Phi) is 7.45. The molecule has 10 rings (SSSR count). The number of hydrogen-bond acceptors (Lipinski definition) is 8. The van der Waals surface area contributed by atoms with Crippen molar-refractivity contribution in [1.29, 1.82) is 0 Å². The molecule has 0 saturated carbocycles. The lowest BCUT2D eigenvalue weighted by atomic mass is 9.84. The van der Waals surface area contributed by atoms with Gasteiger partial charge in [0.2, 0.25) is 11.0 Å². The van der Waals surface area contributed by atoms with Crippen molar-refractivity contribution in [3.8, 4) is 0 Å². The van der Waals surface area contributed by atoms with Crippen LogP contribution in [0.5, 0.6) is 0 Å². The number of aliphatic hydroxyl groups is 2. The minimum absolute atomic E-state index is 0.129. The molecule has 2 N–H and O–H groups in total. The first-order valence-corrected chi connectivity index (χ1v) is 21.0. The van der Waals surface area contributed by atoms with Crippen molar-refractivity contribution in [1.82, 2.24) is 9.80 Å². The van der Waals surface area contributed by atoms with Crippen LogP contribution in [0.3, 0.4) is 0 Å². The summed E-state index contributed by atoms with van der Waals surface area (Å²) in [6, 6.07) is 26.4. The van der Waals surface area contributed by atoms with E-state index in [1.807, 2.05) is 44.3 Å². The predicted octanol–water partition coefficient (Wildman–Crippen LogP) is 7.21. The van der Waals surface area contributed by atoms with Crippen LogP contribution in [0.1, 0.15) is 43.4 Å². The summed E-state index contributed by atoms with van der Waals surface area (Å²) in [4.78, 5) is 7.45. The van der Waals surface area contributed by atoms with Crippen molar-refractivity contribution in [3.63, 3.8) is 0 Å². The van der Waals surface area contributed by atoms with Crippen molar-refractivity contribution < 1.29 is 19.3 Å². The molecule has 6 nitrogen and oxygen atoms in total. The number of fused-ring (bicyclic) bond motifs is 4. The van der Waals surface area contributed by atoms with E-state index in [2.05, 4.69) is 106 Å². The summed E-state index contributed by atoms with van der Waals surface area (Å²) in [6.45, 7) is 1.46. The fraction of sp³-hybridized carbons (Fsp3) is 0.250. The first kappa shape index (κ1) is 31.1. The minimum atomic E-state index is 0.129. The third-order valence-corrected chi connectivity index (χ3v) is 15.6. The molecule has 4 aliphatic rings. The van der Waals surface area contributed by atoms with Crippen LogP contribution in [0.4, 0.5) is 0 Å². The largest absolute Gasteiger partial charge is 0.390 e. The van der Waals surface area contributed by atoms with Crippen molar-refractivity contribution in [2.45, 2.75) is 48.6 Å². The summed E-state index contributed by atoms with van der Waals surface area (Å²) in [5, 5.41) is 22.2. The highest BCUT2D eigenvalue weighted by molar-refractivity contribution is 8.76. The predicted molar refractivity (Wildman–Crippen MR) is 207 cm³/mol. The van der Waals surface area contributed by atoms with Crippen LogP contribution < -0.4 is 9.13 Å². The van der Waals surface area contributed by atoms with E-state index in [4.69, 9.17) is 0 Å². The molecule has 4 heterocycles. The Bertz CT molecular complexity index is 2310. The molecule has 0 atom stereocenters. The lowest BCUT2D eigenvalue weighted by Gasteiger charge is -2.27. The number of nitrogens with zero attached hydrogens (tertiary/aromatic N) is 4. The number of thiazole rings is 2. The maximum absolute atomic E-state index is 9.85. The third kappa shape index (κ3) is 4.69. The smallest absolute Gasteiger partial charge is 0.289 e. The first-order valence-electron chi connectivity index (χ1n) is 17.2. The molecule has 250 valence electrons. The van der Waals surface area contributed by atoms with Gasteiger partial charge in [0.1, 0.15) is 34.0 Å². The molecular weight excluding hydrogens is 697 g/mol. The fourth-order valence-electron chi connectivity index (χ4n) is 7.96. The van der Waals surface area contributed by atoms with Crippen LogP contribution in [0.2, 0.25) is 0 Å². The summed E-state index contributed by atoms with van der Waals surface area (Å²) in [5.41, 5.74) is 16.4. The van der Waals surface area contributed by atoms with Crippen molar-refractivity contribution >= 4 is 87.5 Å². The van der Waals surface area contributed by atoms with Gasteiger partial charge in [-0.2, -0.15) is 9.13 Å². The lowest BCUT2D eigenvalue weighted by Crippen LogP contribution is -2.37. The topological polar surface area (TPSA) is 54.2 Å². The Labute approximate surface area is 307 Å². The van der Waals surface area contributed by atoms with Crippen molar-refractivity contribution in [2.75, 3.05) is 27.3 Å². The second kappa shape index (κ2) is 12.0. The lowest BCUT2D eigenvalue weighted by molar-refractivity contribution is -0.670. The fourth-order valence-corrected chi connectivity index (χ4v) is 13.1. The zero-order valence-electron chi connectivity index (χ0n) is 27.9. The van der Waals surface area contributed by atoms with E-state index in [9.17, 15) is 10.2 Å². The number of rotatable bonds is 11. The van der Waals surface area contributed by atoms with E-state index in [1.54, 1.807) is 0 Å². The summed E-state index contributed by atoms with van der Waals surface area (Å²) in [5.74, 6) is 0. The monoisotopic (exact) mass is 732 g/mol. The van der Waals surface area contributed by atoms with Gasteiger partial charge in [0, 0.05) is 47.1 Å². The van der Waals surface area contributed by atoms with Gasteiger partial charge in [0.05, 0.1) is 11.4 Å². The normalized spacial score (nSPS) is 15.9. The summed E-state index contributed by atoms with van der Waals surface area (Å²) in [7, 11) is 8.20. The maximum atomic E-state index is 9.85. The third-order valence-electron chi connectivity index (χ3n) is 10.7.